The first-order valence-electron chi connectivity index (χ1n) is 6.61. The number of anilines is 1. The van der Waals surface area contributed by atoms with Gasteiger partial charge in [0.2, 0.25) is 5.71 Å². The highest BCUT2D eigenvalue weighted by Crippen LogP contribution is 2.34. The van der Waals surface area contributed by atoms with Crippen molar-refractivity contribution in [2.24, 2.45) is 5.10 Å². The van der Waals surface area contributed by atoms with Crippen molar-refractivity contribution < 1.29 is 19.1 Å². The number of hydrazone groups is 1. The molecule has 0 bridgehead atoms. The Kier molecular flexibility index (Phi) is 6.71. The number of carbonyl (C=O) groups excluding carboxylic acids is 2. The van der Waals surface area contributed by atoms with Crippen LogP contribution in [0.15, 0.2) is 5.10 Å². The van der Waals surface area contributed by atoms with Crippen LogP contribution in [0.4, 0.5) is 5.00 Å². The lowest BCUT2D eigenvalue weighted by Gasteiger charge is -2.04. The number of thiophene rings is 1. The molecule has 0 aliphatic heterocycles. The number of nitriles is 2. The topological polar surface area (TPSA) is 125 Å². The maximum absolute atomic E-state index is 12.1. The lowest BCUT2D eigenvalue weighted by Crippen LogP contribution is -2.12. The summed E-state index contributed by atoms with van der Waals surface area (Å²) in [5.41, 5.74) is 2.65. The van der Waals surface area contributed by atoms with Gasteiger partial charge in [-0.15, -0.1) is 11.3 Å². The second-order valence-corrected chi connectivity index (χ2v) is 5.02. The molecule has 0 radical (unpaired) electrons. The molecule has 23 heavy (non-hydrogen) atoms. The number of hydrogen-bond donors (Lipinski definition) is 1. The first-order chi connectivity index (χ1) is 11.0. The van der Waals surface area contributed by atoms with Gasteiger partial charge in [-0.1, -0.05) is 0 Å². The van der Waals surface area contributed by atoms with Gasteiger partial charge in [-0.05, 0) is 20.8 Å². The number of hydrogen-bond acceptors (Lipinski definition) is 9. The molecular weight excluding hydrogens is 320 g/mol. The second kappa shape index (κ2) is 8.51. The molecule has 1 aromatic heterocycles. The van der Waals surface area contributed by atoms with Crippen molar-refractivity contribution in [3.8, 4) is 12.1 Å². The molecular formula is C14H14N4O4S. The van der Waals surface area contributed by atoms with Gasteiger partial charge in [0.15, 0.2) is 0 Å². The fourth-order valence-corrected chi connectivity index (χ4v) is 2.62. The summed E-state index contributed by atoms with van der Waals surface area (Å²) in [5, 5.41) is 21.3. The molecule has 1 rings (SSSR count). The van der Waals surface area contributed by atoms with Crippen LogP contribution in [0.5, 0.6) is 0 Å². The highest BCUT2D eigenvalue weighted by atomic mass is 32.1. The molecule has 1 N–H and O–H groups in total. The number of esters is 2. The van der Waals surface area contributed by atoms with Crippen LogP contribution in [0.3, 0.4) is 0 Å². The first-order valence-corrected chi connectivity index (χ1v) is 7.43. The minimum Gasteiger partial charge on any atom is -0.462 e. The van der Waals surface area contributed by atoms with Crippen LogP contribution < -0.4 is 5.43 Å². The van der Waals surface area contributed by atoms with Crippen LogP contribution >= 0.6 is 11.3 Å². The molecule has 1 heterocycles. The SMILES string of the molecule is CCOC(=O)c1sc(NN=C(C#N)C#N)c(C)c1C(=O)OCC. The van der Waals surface area contributed by atoms with E-state index < -0.39 is 11.9 Å². The van der Waals surface area contributed by atoms with Crippen LogP contribution in [0.25, 0.3) is 0 Å². The normalized spacial score (nSPS) is 9.26. The number of rotatable bonds is 6. The summed E-state index contributed by atoms with van der Waals surface area (Å²) in [6.45, 7) is 5.22. The molecule has 9 heteroatoms. The largest absolute Gasteiger partial charge is 0.462 e. The van der Waals surface area contributed by atoms with Gasteiger partial charge >= 0.3 is 11.9 Å². The number of ether oxygens (including phenoxy) is 2. The molecule has 120 valence electrons. The van der Waals surface area contributed by atoms with E-state index in [0.29, 0.717) is 10.6 Å². The molecule has 0 aliphatic rings. The molecule has 0 aromatic carbocycles. The van der Waals surface area contributed by atoms with E-state index >= 15 is 0 Å². The van der Waals surface area contributed by atoms with E-state index in [1.54, 1.807) is 32.9 Å². The lowest BCUT2D eigenvalue weighted by molar-refractivity contribution is 0.0483. The zero-order valence-corrected chi connectivity index (χ0v) is 13.6. The molecule has 0 saturated heterocycles. The fraction of sp³-hybridized carbons (Fsp3) is 0.357. The van der Waals surface area contributed by atoms with Gasteiger partial charge in [0.05, 0.1) is 18.8 Å². The molecule has 0 fully saturated rings. The molecule has 0 aliphatic carbocycles. The minimum atomic E-state index is -0.651. The van der Waals surface area contributed by atoms with Crippen LogP contribution in [-0.2, 0) is 9.47 Å². The van der Waals surface area contributed by atoms with E-state index in [-0.39, 0.29) is 29.4 Å². The van der Waals surface area contributed by atoms with Crippen molar-refractivity contribution in [3.63, 3.8) is 0 Å². The van der Waals surface area contributed by atoms with Crippen molar-refractivity contribution in [3.05, 3.63) is 16.0 Å². The molecule has 0 saturated carbocycles. The van der Waals surface area contributed by atoms with Gasteiger partial charge in [0, 0.05) is 5.56 Å². The van der Waals surface area contributed by atoms with Crippen molar-refractivity contribution in [1.29, 1.82) is 10.5 Å². The monoisotopic (exact) mass is 334 g/mol. The fourth-order valence-electron chi connectivity index (χ4n) is 1.59. The van der Waals surface area contributed by atoms with Crippen molar-refractivity contribution in [1.82, 2.24) is 0 Å². The van der Waals surface area contributed by atoms with E-state index in [1.165, 1.54) is 0 Å². The molecule has 0 unspecified atom stereocenters. The van der Waals surface area contributed by atoms with Gasteiger partial charge < -0.3 is 9.47 Å². The van der Waals surface area contributed by atoms with Gasteiger partial charge in [-0.3, -0.25) is 5.43 Å². The highest BCUT2D eigenvalue weighted by Gasteiger charge is 2.27. The summed E-state index contributed by atoms with van der Waals surface area (Å²) in [5.74, 6) is -1.30. The molecule has 0 atom stereocenters. The van der Waals surface area contributed by atoms with Gasteiger partial charge in [0.25, 0.3) is 0 Å². The Labute approximate surface area is 136 Å². The Bertz CT molecular complexity index is 708. The highest BCUT2D eigenvalue weighted by molar-refractivity contribution is 7.18. The second-order valence-electron chi connectivity index (χ2n) is 4.00. The van der Waals surface area contributed by atoms with Gasteiger partial charge in [-0.2, -0.15) is 15.6 Å². The zero-order chi connectivity index (χ0) is 17.4. The molecule has 0 amide bonds. The number of nitrogens with one attached hydrogen (secondary N) is 1. The van der Waals surface area contributed by atoms with Crippen molar-refractivity contribution >= 4 is 34.0 Å². The first kappa shape index (κ1) is 18.1. The van der Waals surface area contributed by atoms with E-state index in [4.69, 9.17) is 20.0 Å². The van der Waals surface area contributed by atoms with Gasteiger partial charge in [0.1, 0.15) is 22.0 Å². The lowest BCUT2D eigenvalue weighted by atomic mass is 10.1. The Morgan fingerprint density at radius 2 is 1.74 bits per heavy atom. The third kappa shape index (κ3) is 4.28. The average Bonchev–Trinajstić information content (AvgIpc) is 2.86. The maximum atomic E-state index is 12.1. The van der Waals surface area contributed by atoms with E-state index in [1.807, 2.05) is 0 Å². The number of nitrogens with zero attached hydrogens (tertiary/aromatic N) is 3. The summed E-state index contributed by atoms with van der Waals surface area (Å²) in [4.78, 5) is 24.1. The number of carbonyl (C=O) groups is 2. The Morgan fingerprint density at radius 3 is 2.26 bits per heavy atom. The summed E-state index contributed by atoms with van der Waals surface area (Å²) >= 11 is 0.939. The van der Waals surface area contributed by atoms with Gasteiger partial charge in [-0.25, -0.2) is 9.59 Å². The standard InChI is InChI=1S/C14H14N4O4S/c1-4-21-13(19)10-8(3)12(18-17-9(6-15)7-16)23-11(10)14(20)22-5-2/h18H,4-5H2,1-3H3. The van der Waals surface area contributed by atoms with Crippen molar-refractivity contribution in [2.45, 2.75) is 20.8 Å². The Balaban J connectivity index is 3.30. The molecule has 0 spiro atoms. The predicted molar refractivity (Wildman–Crippen MR) is 83.3 cm³/mol. The summed E-state index contributed by atoms with van der Waals surface area (Å²) < 4.78 is 9.88. The van der Waals surface area contributed by atoms with Crippen molar-refractivity contribution in [2.75, 3.05) is 18.6 Å². The average molecular weight is 334 g/mol. The van der Waals surface area contributed by atoms with Crippen LogP contribution in [0.1, 0.15) is 39.4 Å². The smallest absolute Gasteiger partial charge is 0.349 e. The Morgan fingerprint density at radius 1 is 1.17 bits per heavy atom. The summed E-state index contributed by atoms with van der Waals surface area (Å²) in [7, 11) is 0. The van der Waals surface area contributed by atoms with E-state index in [0.717, 1.165) is 11.3 Å². The molecule has 8 nitrogen and oxygen atoms in total. The van der Waals surface area contributed by atoms with Crippen LogP contribution in [-0.4, -0.2) is 30.9 Å². The maximum Gasteiger partial charge on any atom is 0.349 e. The molecule has 1 aromatic rings. The van der Waals surface area contributed by atoms with Crippen LogP contribution in [0.2, 0.25) is 0 Å². The van der Waals surface area contributed by atoms with E-state index in [2.05, 4.69) is 10.5 Å². The van der Waals surface area contributed by atoms with Crippen LogP contribution in [0, 0.1) is 29.6 Å². The predicted octanol–water partition coefficient (Wildman–Crippen LogP) is 2.22. The third-order valence-electron chi connectivity index (χ3n) is 2.57. The van der Waals surface area contributed by atoms with E-state index in [9.17, 15) is 9.59 Å². The third-order valence-corrected chi connectivity index (χ3v) is 3.74. The summed E-state index contributed by atoms with van der Waals surface area (Å²) in [6.07, 6.45) is 0. The minimum absolute atomic E-state index is 0.0796. The zero-order valence-electron chi connectivity index (χ0n) is 12.8. The Hall–Kier alpha value is -2.91. The summed E-state index contributed by atoms with van der Waals surface area (Å²) in [6, 6.07) is 3.19. The quantitative estimate of drug-likeness (QED) is 0.480.